The summed E-state index contributed by atoms with van der Waals surface area (Å²) < 4.78 is 62.7. The molecule has 1 atom stereocenters. The summed E-state index contributed by atoms with van der Waals surface area (Å²) in [5.41, 5.74) is 1.48. The minimum Gasteiger partial charge on any atom is -0.327 e. The zero-order chi connectivity index (χ0) is 23.1. The Kier molecular flexibility index (Phi) is 5.56. The van der Waals surface area contributed by atoms with E-state index in [1.165, 1.54) is 18.2 Å². The highest BCUT2D eigenvalue weighted by atomic mass is 32.2. The molecule has 0 fully saturated rings. The van der Waals surface area contributed by atoms with Gasteiger partial charge in [-0.15, -0.1) is 0 Å². The van der Waals surface area contributed by atoms with E-state index in [0.717, 1.165) is 17.7 Å². The van der Waals surface area contributed by atoms with E-state index in [9.17, 15) is 26.4 Å². The average molecular weight is 460 g/mol. The first-order valence-corrected chi connectivity index (χ1v) is 11.3. The van der Waals surface area contributed by atoms with Crippen LogP contribution < -0.4 is 5.14 Å². The first kappa shape index (κ1) is 22.0. The summed E-state index contributed by atoms with van der Waals surface area (Å²) in [6, 6.07) is 17.2. The standard InChI is InChI=1S/C23H19F3N2O3S/c24-23(25,26)17-5-3-4-16(14-17)21-19-6-1-2-7-20(19)22(29)28(21)13-12-15-8-10-18(11-9-15)32(27,30)31/h1-11,14,21H,12-13H2,(H2,27,30,31). The summed E-state index contributed by atoms with van der Waals surface area (Å²) in [7, 11) is -3.81. The van der Waals surface area contributed by atoms with Gasteiger partial charge in [0.25, 0.3) is 5.91 Å². The van der Waals surface area contributed by atoms with Crippen LogP contribution >= 0.6 is 0 Å². The molecule has 0 saturated heterocycles. The van der Waals surface area contributed by atoms with Gasteiger partial charge in [0.05, 0.1) is 16.5 Å². The topological polar surface area (TPSA) is 80.5 Å². The zero-order valence-electron chi connectivity index (χ0n) is 16.7. The second-order valence-electron chi connectivity index (χ2n) is 7.55. The van der Waals surface area contributed by atoms with Gasteiger partial charge < -0.3 is 4.90 Å². The molecule has 0 spiro atoms. The summed E-state index contributed by atoms with van der Waals surface area (Å²) in [6.07, 6.45) is -4.10. The fourth-order valence-corrected chi connectivity index (χ4v) is 4.46. The number of carbonyl (C=O) groups excluding carboxylic acids is 1. The maximum Gasteiger partial charge on any atom is 0.416 e. The number of hydrogen-bond acceptors (Lipinski definition) is 3. The van der Waals surface area contributed by atoms with Crippen molar-refractivity contribution in [2.24, 2.45) is 5.14 Å². The molecule has 5 nitrogen and oxygen atoms in total. The molecule has 1 aliphatic heterocycles. The van der Waals surface area contributed by atoms with Gasteiger partial charge in [-0.2, -0.15) is 13.2 Å². The Bertz CT molecular complexity index is 1270. The Hall–Kier alpha value is -3.17. The van der Waals surface area contributed by atoms with E-state index in [-0.39, 0.29) is 17.3 Å². The van der Waals surface area contributed by atoms with Crippen molar-refractivity contribution in [2.75, 3.05) is 6.54 Å². The van der Waals surface area contributed by atoms with Crippen LogP contribution in [0.1, 0.15) is 38.7 Å². The largest absolute Gasteiger partial charge is 0.416 e. The van der Waals surface area contributed by atoms with Crippen molar-refractivity contribution in [3.8, 4) is 0 Å². The second-order valence-corrected chi connectivity index (χ2v) is 9.11. The zero-order valence-corrected chi connectivity index (χ0v) is 17.5. The number of rotatable bonds is 5. The van der Waals surface area contributed by atoms with Gasteiger partial charge in [-0.25, -0.2) is 13.6 Å². The molecule has 0 radical (unpaired) electrons. The lowest BCUT2D eigenvalue weighted by molar-refractivity contribution is -0.137. The van der Waals surface area contributed by atoms with E-state index in [0.29, 0.717) is 23.1 Å². The van der Waals surface area contributed by atoms with Gasteiger partial charge in [0.1, 0.15) is 0 Å². The number of primary sulfonamides is 1. The van der Waals surface area contributed by atoms with Crippen molar-refractivity contribution < 1.29 is 26.4 Å². The van der Waals surface area contributed by atoms with Gasteiger partial charge in [-0.05, 0) is 53.4 Å². The lowest BCUT2D eigenvalue weighted by Gasteiger charge is -2.26. The third-order valence-electron chi connectivity index (χ3n) is 5.48. The Morgan fingerprint density at radius 3 is 2.28 bits per heavy atom. The van der Waals surface area contributed by atoms with Gasteiger partial charge in [0.2, 0.25) is 10.0 Å². The normalized spacial score (nSPS) is 16.3. The SMILES string of the molecule is NS(=O)(=O)c1ccc(CCN2C(=O)c3ccccc3C2c2cccc(C(F)(F)F)c2)cc1. The van der Waals surface area contributed by atoms with Gasteiger partial charge >= 0.3 is 6.18 Å². The molecule has 1 aliphatic rings. The van der Waals surface area contributed by atoms with Crippen LogP contribution in [0.5, 0.6) is 0 Å². The third kappa shape index (κ3) is 4.26. The fraction of sp³-hybridized carbons (Fsp3) is 0.174. The van der Waals surface area contributed by atoms with Crippen LogP contribution in [0.15, 0.2) is 77.7 Å². The molecular formula is C23H19F3N2O3S. The molecule has 2 N–H and O–H groups in total. The number of sulfonamides is 1. The summed E-state index contributed by atoms with van der Waals surface area (Å²) >= 11 is 0. The minimum absolute atomic E-state index is 0.0206. The van der Waals surface area contributed by atoms with Crippen molar-refractivity contribution in [1.29, 1.82) is 0 Å². The van der Waals surface area contributed by atoms with Crippen molar-refractivity contribution in [2.45, 2.75) is 23.5 Å². The molecule has 4 rings (SSSR count). The van der Waals surface area contributed by atoms with E-state index < -0.39 is 27.8 Å². The highest BCUT2D eigenvalue weighted by Crippen LogP contribution is 2.40. The molecule has 32 heavy (non-hydrogen) atoms. The molecule has 0 saturated carbocycles. The Morgan fingerprint density at radius 1 is 0.938 bits per heavy atom. The van der Waals surface area contributed by atoms with E-state index in [4.69, 9.17) is 5.14 Å². The van der Waals surface area contributed by atoms with Crippen molar-refractivity contribution in [3.05, 3.63) is 101 Å². The number of carbonyl (C=O) groups is 1. The molecular weight excluding hydrogens is 441 g/mol. The van der Waals surface area contributed by atoms with Crippen molar-refractivity contribution in [3.63, 3.8) is 0 Å². The molecule has 1 amide bonds. The number of halogens is 3. The minimum atomic E-state index is -4.49. The molecule has 1 unspecified atom stereocenters. The molecule has 0 bridgehead atoms. The molecule has 1 heterocycles. The molecule has 3 aromatic carbocycles. The highest BCUT2D eigenvalue weighted by molar-refractivity contribution is 7.89. The summed E-state index contributed by atoms with van der Waals surface area (Å²) in [5, 5.41) is 5.11. The number of hydrogen-bond donors (Lipinski definition) is 1. The average Bonchev–Trinajstić information content (AvgIpc) is 3.03. The van der Waals surface area contributed by atoms with Gasteiger partial charge in [0, 0.05) is 12.1 Å². The van der Waals surface area contributed by atoms with Gasteiger partial charge in [-0.1, -0.05) is 42.5 Å². The predicted molar refractivity (Wildman–Crippen MR) is 112 cm³/mol. The highest BCUT2D eigenvalue weighted by Gasteiger charge is 2.38. The van der Waals surface area contributed by atoms with E-state index in [1.807, 2.05) is 0 Å². The summed E-state index contributed by atoms with van der Waals surface area (Å²) in [5.74, 6) is -0.260. The first-order valence-electron chi connectivity index (χ1n) is 9.74. The maximum atomic E-state index is 13.3. The molecule has 0 aromatic heterocycles. The van der Waals surface area contributed by atoms with Crippen LogP contribution in [0.25, 0.3) is 0 Å². The molecule has 3 aromatic rings. The first-order chi connectivity index (χ1) is 15.1. The number of alkyl halides is 3. The Morgan fingerprint density at radius 2 is 1.62 bits per heavy atom. The lowest BCUT2D eigenvalue weighted by atomic mass is 9.96. The lowest BCUT2D eigenvalue weighted by Crippen LogP contribution is -2.31. The second kappa shape index (κ2) is 8.07. The number of fused-ring (bicyclic) bond motifs is 1. The predicted octanol–water partition coefficient (Wildman–Crippen LogP) is 4.14. The van der Waals surface area contributed by atoms with Crippen molar-refractivity contribution in [1.82, 2.24) is 4.90 Å². The summed E-state index contributed by atoms with van der Waals surface area (Å²) in [6.45, 7) is 0.239. The Labute approximate surface area is 183 Å². The van der Waals surface area contributed by atoms with E-state index in [2.05, 4.69) is 0 Å². The van der Waals surface area contributed by atoms with Crippen LogP contribution in [0.3, 0.4) is 0 Å². The van der Waals surface area contributed by atoms with Crippen LogP contribution in [-0.4, -0.2) is 25.8 Å². The number of benzene rings is 3. The fourth-order valence-electron chi connectivity index (χ4n) is 3.94. The molecule has 0 aliphatic carbocycles. The quantitative estimate of drug-likeness (QED) is 0.622. The van der Waals surface area contributed by atoms with Crippen LogP contribution in [-0.2, 0) is 22.6 Å². The number of nitrogens with two attached hydrogens (primary N) is 1. The van der Waals surface area contributed by atoms with Crippen LogP contribution in [0.4, 0.5) is 13.2 Å². The third-order valence-corrected chi connectivity index (χ3v) is 6.41. The van der Waals surface area contributed by atoms with Gasteiger partial charge in [0.15, 0.2) is 0 Å². The number of nitrogens with zero attached hydrogens (tertiary/aromatic N) is 1. The smallest absolute Gasteiger partial charge is 0.327 e. The van der Waals surface area contributed by atoms with Gasteiger partial charge in [-0.3, -0.25) is 4.79 Å². The van der Waals surface area contributed by atoms with Crippen molar-refractivity contribution >= 4 is 15.9 Å². The maximum absolute atomic E-state index is 13.3. The van der Waals surface area contributed by atoms with Crippen LogP contribution in [0, 0.1) is 0 Å². The monoisotopic (exact) mass is 460 g/mol. The molecule has 9 heteroatoms. The number of amides is 1. The van der Waals surface area contributed by atoms with E-state index in [1.54, 1.807) is 47.4 Å². The van der Waals surface area contributed by atoms with E-state index >= 15 is 0 Å². The summed E-state index contributed by atoms with van der Waals surface area (Å²) in [4.78, 5) is 14.6. The Balaban J connectivity index is 1.65. The molecule has 166 valence electrons. The van der Waals surface area contributed by atoms with Crippen LogP contribution in [0.2, 0.25) is 0 Å².